The molecule has 6 heteroatoms. The van der Waals surface area contributed by atoms with Gasteiger partial charge >= 0.3 is 5.97 Å². The van der Waals surface area contributed by atoms with Crippen molar-refractivity contribution in [3.05, 3.63) is 0 Å². The molecular weight excluding hydrogens is 222 g/mol. The molecule has 0 saturated carbocycles. The Balaban J connectivity index is 2.37. The van der Waals surface area contributed by atoms with Crippen molar-refractivity contribution in [2.45, 2.75) is 26.2 Å². The molecule has 1 fully saturated rings. The highest BCUT2D eigenvalue weighted by Gasteiger charge is 2.28. The molecule has 1 heterocycles. The second-order valence-electron chi connectivity index (χ2n) is 4.11. The zero-order valence-electron chi connectivity index (χ0n) is 10.1. The highest BCUT2D eigenvalue weighted by atomic mass is 16.5. The van der Waals surface area contributed by atoms with Crippen LogP contribution in [0.3, 0.4) is 0 Å². The second kappa shape index (κ2) is 6.22. The van der Waals surface area contributed by atoms with Gasteiger partial charge in [-0.15, -0.1) is 0 Å². The van der Waals surface area contributed by atoms with Gasteiger partial charge in [0.05, 0.1) is 24.8 Å². The van der Waals surface area contributed by atoms with E-state index < -0.39 is 0 Å². The van der Waals surface area contributed by atoms with Gasteiger partial charge in [0.1, 0.15) is 0 Å². The molecule has 1 saturated heterocycles. The number of nitrogens with two attached hydrogens (primary N) is 1. The minimum absolute atomic E-state index is 0.0376. The summed E-state index contributed by atoms with van der Waals surface area (Å²) in [6.45, 7) is 3.25. The number of rotatable bonds is 4. The Morgan fingerprint density at radius 2 is 2.00 bits per heavy atom. The Morgan fingerprint density at radius 1 is 1.41 bits per heavy atom. The normalized spacial score (nSPS) is 16.6. The summed E-state index contributed by atoms with van der Waals surface area (Å²) in [6, 6.07) is 0. The number of amidine groups is 1. The van der Waals surface area contributed by atoms with Crippen molar-refractivity contribution in [1.29, 1.82) is 5.41 Å². The molecule has 1 rings (SSSR count). The van der Waals surface area contributed by atoms with E-state index >= 15 is 0 Å². The number of hydrogen-bond acceptors (Lipinski definition) is 4. The van der Waals surface area contributed by atoms with Gasteiger partial charge in [-0.2, -0.15) is 0 Å². The summed E-state index contributed by atoms with van der Waals surface area (Å²) >= 11 is 0. The Bertz CT molecular complexity index is 309. The standard InChI is InChI=1S/C11H19N3O3/c1-2-17-11(16)8-3-5-14(6-4-8)10(15)7-9(12)13/h8H,2-7H2,1H3,(H3,12,13). The van der Waals surface area contributed by atoms with Crippen LogP contribution in [0.15, 0.2) is 0 Å². The van der Waals surface area contributed by atoms with Crippen molar-refractivity contribution in [2.24, 2.45) is 11.7 Å². The molecule has 96 valence electrons. The Morgan fingerprint density at radius 3 is 2.47 bits per heavy atom. The van der Waals surface area contributed by atoms with Crippen molar-refractivity contribution < 1.29 is 14.3 Å². The van der Waals surface area contributed by atoms with Crippen LogP contribution in [0.1, 0.15) is 26.2 Å². The summed E-state index contributed by atoms with van der Waals surface area (Å²) in [4.78, 5) is 24.7. The number of likely N-dealkylation sites (tertiary alicyclic amines) is 1. The second-order valence-corrected chi connectivity index (χ2v) is 4.11. The lowest BCUT2D eigenvalue weighted by Crippen LogP contribution is -2.41. The number of ether oxygens (including phenoxy) is 1. The van der Waals surface area contributed by atoms with Crippen LogP contribution in [0.2, 0.25) is 0 Å². The first-order valence-electron chi connectivity index (χ1n) is 5.82. The van der Waals surface area contributed by atoms with E-state index in [1.165, 1.54) is 0 Å². The molecule has 17 heavy (non-hydrogen) atoms. The van der Waals surface area contributed by atoms with Gasteiger partial charge in [0.2, 0.25) is 5.91 Å². The molecule has 0 spiro atoms. The van der Waals surface area contributed by atoms with Gasteiger partial charge in [-0.05, 0) is 19.8 Å². The summed E-state index contributed by atoms with van der Waals surface area (Å²) in [5.41, 5.74) is 5.18. The van der Waals surface area contributed by atoms with E-state index in [4.69, 9.17) is 15.9 Å². The van der Waals surface area contributed by atoms with E-state index in [-0.39, 0.29) is 30.1 Å². The fraction of sp³-hybridized carbons (Fsp3) is 0.727. The molecule has 0 aliphatic carbocycles. The SMILES string of the molecule is CCOC(=O)C1CCN(C(=O)CC(=N)N)CC1. The molecule has 0 bridgehead atoms. The highest BCUT2D eigenvalue weighted by molar-refractivity contribution is 5.97. The van der Waals surface area contributed by atoms with Crippen LogP contribution in [0.25, 0.3) is 0 Å². The zero-order valence-corrected chi connectivity index (χ0v) is 10.1. The van der Waals surface area contributed by atoms with E-state index in [9.17, 15) is 9.59 Å². The lowest BCUT2D eigenvalue weighted by Gasteiger charge is -2.30. The van der Waals surface area contributed by atoms with Gasteiger partial charge in [0.25, 0.3) is 0 Å². The minimum Gasteiger partial charge on any atom is -0.466 e. The predicted molar refractivity (Wildman–Crippen MR) is 62.5 cm³/mol. The number of nitrogens with zero attached hydrogens (tertiary/aromatic N) is 1. The quantitative estimate of drug-likeness (QED) is 0.415. The topological polar surface area (TPSA) is 96.5 Å². The Labute approximate surface area is 101 Å². The van der Waals surface area contributed by atoms with E-state index in [2.05, 4.69) is 0 Å². The zero-order chi connectivity index (χ0) is 12.8. The van der Waals surface area contributed by atoms with E-state index in [1.54, 1.807) is 11.8 Å². The number of carbonyl (C=O) groups excluding carboxylic acids is 2. The maximum atomic E-state index is 11.6. The van der Waals surface area contributed by atoms with Crippen molar-refractivity contribution in [1.82, 2.24) is 4.90 Å². The Hall–Kier alpha value is -1.59. The van der Waals surface area contributed by atoms with Gasteiger partial charge in [-0.1, -0.05) is 0 Å². The molecule has 0 atom stereocenters. The smallest absolute Gasteiger partial charge is 0.309 e. The van der Waals surface area contributed by atoms with Gasteiger partial charge in [0.15, 0.2) is 0 Å². The average Bonchev–Trinajstić information content (AvgIpc) is 2.28. The van der Waals surface area contributed by atoms with Crippen LogP contribution < -0.4 is 5.73 Å². The third-order valence-electron chi connectivity index (χ3n) is 2.81. The molecule has 0 aromatic heterocycles. The number of esters is 1. The fourth-order valence-corrected chi connectivity index (χ4v) is 1.90. The average molecular weight is 241 g/mol. The number of carbonyl (C=O) groups is 2. The molecule has 1 aliphatic heterocycles. The van der Waals surface area contributed by atoms with Crippen molar-refractivity contribution in [2.75, 3.05) is 19.7 Å². The van der Waals surface area contributed by atoms with Crippen molar-refractivity contribution in [3.8, 4) is 0 Å². The van der Waals surface area contributed by atoms with Gasteiger partial charge in [-0.3, -0.25) is 15.0 Å². The van der Waals surface area contributed by atoms with Crippen LogP contribution in [-0.4, -0.2) is 42.3 Å². The third-order valence-corrected chi connectivity index (χ3v) is 2.81. The molecule has 0 unspecified atom stereocenters. The van der Waals surface area contributed by atoms with Crippen LogP contribution in [-0.2, 0) is 14.3 Å². The van der Waals surface area contributed by atoms with Crippen LogP contribution in [0, 0.1) is 11.3 Å². The van der Waals surface area contributed by atoms with Crippen molar-refractivity contribution >= 4 is 17.7 Å². The summed E-state index contributed by atoms with van der Waals surface area (Å²) in [7, 11) is 0. The molecule has 0 radical (unpaired) electrons. The largest absolute Gasteiger partial charge is 0.466 e. The summed E-state index contributed by atoms with van der Waals surface area (Å²) < 4.78 is 4.95. The van der Waals surface area contributed by atoms with Crippen molar-refractivity contribution in [3.63, 3.8) is 0 Å². The maximum absolute atomic E-state index is 11.6. The number of nitrogens with one attached hydrogen (secondary N) is 1. The lowest BCUT2D eigenvalue weighted by molar-refractivity contribution is -0.151. The monoisotopic (exact) mass is 241 g/mol. The van der Waals surface area contributed by atoms with Gasteiger partial charge in [-0.25, -0.2) is 0 Å². The molecular formula is C11H19N3O3. The molecule has 6 nitrogen and oxygen atoms in total. The number of hydrogen-bond donors (Lipinski definition) is 2. The minimum atomic E-state index is -0.175. The maximum Gasteiger partial charge on any atom is 0.309 e. The van der Waals surface area contributed by atoms with Crippen LogP contribution in [0.5, 0.6) is 0 Å². The van der Waals surface area contributed by atoms with E-state index in [0.29, 0.717) is 32.5 Å². The number of piperidine rings is 1. The summed E-state index contributed by atoms with van der Waals surface area (Å²) in [5, 5.41) is 7.06. The van der Waals surface area contributed by atoms with Crippen LogP contribution in [0.4, 0.5) is 0 Å². The van der Waals surface area contributed by atoms with Gasteiger partial charge in [0, 0.05) is 13.1 Å². The van der Waals surface area contributed by atoms with Crippen LogP contribution >= 0.6 is 0 Å². The molecule has 1 aliphatic rings. The molecule has 3 N–H and O–H groups in total. The first-order chi connectivity index (χ1) is 8.04. The lowest BCUT2D eigenvalue weighted by atomic mass is 9.97. The summed E-state index contributed by atoms with van der Waals surface area (Å²) in [5.74, 6) is -0.537. The predicted octanol–water partition coefficient (Wildman–Crippen LogP) is 0.114. The first kappa shape index (κ1) is 13.5. The third kappa shape index (κ3) is 4.05. The molecule has 0 aromatic carbocycles. The van der Waals surface area contributed by atoms with E-state index in [1.807, 2.05) is 0 Å². The highest BCUT2D eigenvalue weighted by Crippen LogP contribution is 2.19. The number of amides is 1. The molecule has 0 aromatic rings. The molecule has 1 amide bonds. The Kier molecular flexibility index (Phi) is 4.93. The fourth-order valence-electron chi connectivity index (χ4n) is 1.90. The van der Waals surface area contributed by atoms with Gasteiger partial charge < -0.3 is 15.4 Å². The van der Waals surface area contributed by atoms with E-state index in [0.717, 1.165) is 0 Å². The first-order valence-corrected chi connectivity index (χ1v) is 5.82. The summed E-state index contributed by atoms with van der Waals surface area (Å²) in [6.07, 6.45) is 1.22.